The normalized spacial score (nSPS) is 15.8. The molecule has 0 unspecified atom stereocenters. The van der Waals surface area contributed by atoms with Crippen LogP contribution in [0, 0.1) is 11.6 Å². The van der Waals surface area contributed by atoms with Crippen LogP contribution >= 0.6 is 0 Å². The maximum Gasteiger partial charge on any atom is 0.259 e. The highest BCUT2D eigenvalue weighted by Gasteiger charge is 2.27. The summed E-state index contributed by atoms with van der Waals surface area (Å²) in [6.07, 6.45) is 0. The fourth-order valence-corrected chi connectivity index (χ4v) is 2.54. The van der Waals surface area contributed by atoms with Gasteiger partial charge < -0.3 is 10.2 Å². The molecule has 1 aromatic rings. The third-order valence-electron chi connectivity index (χ3n) is 3.65. The van der Waals surface area contributed by atoms with Crippen LogP contribution in [0.15, 0.2) is 18.2 Å². The lowest BCUT2D eigenvalue weighted by atomic mass is 10.1. The zero-order valence-corrected chi connectivity index (χ0v) is 13.3. The number of benzene rings is 1. The molecule has 7 heteroatoms. The van der Waals surface area contributed by atoms with Gasteiger partial charge in [-0.3, -0.25) is 14.5 Å². The predicted octanol–water partition coefficient (Wildman–Crippen LogP) is 1.25. The number of rotatable bonds is 4. The van der Waals surface area contributed by atoms with Crippen LogP contribution in [0.2, 0.25) is 0 Å². The lowest BCUT2D eigenvalue weighted by molar-refractivity contribution is -0.123. The van der Waals surface area contributed by atoms with Crippen LogP contribution in [-0.2, 0) is 4.79 Å². The third kappa shape index (κ3) is 4.48. The molecule has 0 aromatic heterocycles. The van der Waals surface area contributed by atoms with Crippen LogP contribution in [0.4, 0.5) is 8.78 Å². The second kappa shape index (κ2) is 7.50. The van der Waals surface area contributed by atoms with Crippen molar-refractivity contribution < 1.29 is 18.4 Å². The Kier molecular flexibility index (Phi) is 5.65. The number of nitrogens with zero attached hydrogens (tertiary/aromatic N) is 2. The summed E-state index contributed by atoms with van der Waals surface area (Å²) in [7, 11) is 0. The molecule has 0 saturated carbocycles. The van der Waals surface area contributed by atoms with Crippen molar-refractivity contribution in [2.75, 3.05) is 32.7 Å². The number of piperazine rings is 1. The molecule has 2 amide bonds. The predicted molar refractivity (Wildman–Crippen MR) is 82.0 cm³/mol. The van der Waals surface area contributed by atoms with E-state index in [0.717, 1.165) is 12.1 Å². The van der Waals surface area contributed by atoms with E-state index in [9.17, 15) is 18.4 Å². The maximum atomic E-state index is 13.7. The van der Waals surface area contributed by atoms with Crippen LogP contribution in [0.3, 0.4) is 0 Å². The van der Waals surface area contributed by atoms with E-state index in [1.807, 2.05) is 18.7 Å². The summed E-state index contributed by atoms with van der Waals surface area (Å²) >= 11 is 0. The Morgan fingerprint density at radius 3 is 2.22 bits per heavy atom. The van der Waals surface area contributed by atoms with E-state index < -0.39 is 23.1 Å². The van der Waals surface area contributed by atoms with Gasteiger partial charge in [0.1, 0.15) is 17.2 Å². The van der Waals surface area contributed by atoms with Crippen molar-refractivity contribution in [2.45, 2.75) is 19.9 Å². The number of amides is 2. The lowest BCUT2D eigenvalue weighted by Gasteiger charge is -2.34. The first kappa shape index (κ1) is 17.3. The summed E-state index contributed by atoms with van der Waals surface area (Å²) in [5, 5.41) is 2.80. The van der Waals surface area contributed by atoms with Gasteiger partial charge in [-0.25, -0.2) is 8.78 Å². The fourth-order valence-electron chi connectivity index (χ4n) is 2.54. The number of hydrogen-bond acceptors (Lipinski definition) is 3. The minimum absolute atomic E-state index is 0.0695. The summed E-state index contributed by atoms with van der Waals surface area (Å²) < 4.78 is 27.4. The summed E-state index contributed by atoms with van der Waals surface area (Å²) in [6.45, 7) is 5.69. The highest BCUT2D eigenvalue weighted by Crippen LogP contribution is 2.16. The Bertz CT molecular complexity index is 564. The zero-order chi connectivity index (χ0) is 17.0. The Balaban J connectivity index is 1.92. The van der Waals surface area contributed by atoms with Gasteiger partial charge >= 0.3 is 0 Å². The van der Waals surface area contributed by atoms with E-state index in [4.69, 9.17) is 0 Å². The average molecular weight is 325 g/mol. The van der Waals surface area contributed by atoms with Crippen LogP contribution in [-0.4, -0.2) is 60.4 Å². The van der Waals surface area contributed by atoms with Crippen LogP contribution in [0.1, 0.15) is 24.2 Å². The molecule has 0 spiro atoms. The Morgan fingerprint density at radius 2 is 1.70 bits per heavy atom. The summed E-state index contributed by atoms with van der Waals surface area (Å²) in [5.41, 5.74) is -0.515. The summed E-state index contributed by atoms with van der Waals surface area (Å²) in [6, 6.07) is 3.45. The second-order valence-corrected chi connectivity index (χ2v) is 5.89. The van der Waals surface area contributed by atoms with E-state index in [1.165, 1.54) is 11.0 Å². The van der Waals surface area contributed by atoms with Gasteiger partial charge in [-0.1, -0.05) is 6.07 Å². The zero-order valence-electron chi connectivity index (χ0n) is 13.3. The van der Waals surface area contributed by atoms with Crippen LogP contribution in [0.25, 0.3) is 0 Å². The average Bonchev–Trinajstić information content (AvgIpc) is 2.46. The minimum Gasteiger partial charge on any atom is -0.353 e. The van der Waals surface area contributed by atoms with Gasteiger partial charge in [-0.2, -0.15) is 0 Å². The third-order valence-corrected chi connectivity index (χ3v) is 3.65. The molecule has 1 N–H and O–H groups in total. The van der Waals surface area contributed by atoms with Crippen molar-refractivity contribution >= 4 is 11.8 Å². The molecule has 1 heterocycles. The monoisotopic (exact) mass is 325 g/mol. The van der Waals surface area contributed by atoms with Gasteiger partial charge in [-0.15, -0.1) is 0 Å². The molecule has 126 valence electrons. The highest BCUT2D eigenvalue weighted by atomic mass is 19.1. The molecule has 23 heavy (non-hydrogen) atoms. The second-order valence-electron chi connectivity index (χ2n) is 5.89. The maximum absolute atomic E-state index is 13.7. The topological polar surface area (TPSA) is 52.7 Å². The Hall–Kier alpha value is -2.02. The Morgan fingerprint density at radius 1 is 1.13 bits per heavy atom. The van der Waals surface area contributed by atoms with E-state index in [1.54, 1.807) is 0 Å². The molecule has 1 saturated heterocycles. The fraction of sp³-hybridized carbons (Fsp3) is 0.500. The van der Waals surface area contributed by atoms with Gasteiger partial charge in [-0.05, 0) is 26.0 Å². The number of carbonyl (C=O) groups is 2. The molecule has 2 rings (SSSR count). The largest absolute Gasteiger partial charge is 0.353 e. The smallest absolute Gasteiger partial charge is 0.259 e. The van der Waals surface area contributed by atoms with Crippen molar-refractivity contribution in [3.63, 3.8) is 0 Å². The molecular formula is C16H21F2N3O2. The quantitative estimate of drug-likeness (QED) is 0.906. The van der Waals surface area contributed by atoms with Gasteiger partial charge in [0, 0.05) is 32.2 Å². The molecule has 5 nitrogen and oxygen atoms in total. The lowest BCUT2D eigenvalue weighted by Crippen LogP contribution is -2.51. The van der Waals surface area contributed by atoms with Crippen LogP contribution in [0.5, 0.6) is 0 Å². The van der Waals surface area contributed by atoms with E-state index in [-0.39, 0.29) is 18.5 Å². The summed E-state index contributed by atoms with van der Waals surface area (Å²) in [5.74, 6) is -2.42. The van der Waals surface area contributed by atoms with Crippen molar-refractivity contribution in [1.82, 2.24) is 15.1 Å². The first-order chi connectivity index (χ1) is 10.9. The first-order valence-electron chi connectivity index (χ1n) is 7.63. The number of nitrogens with one attached hydrogen (secondary N) is 1. The molecule has 0 radical (unpaired) electrons. The SMILES string of the molecule is CC(C)NC(=O)CN1CCN(C(=O)c2c(F)cccc2F)CC1. The van der Waals surface area contributed by atoms with Crippen molar-refractivity contribution in [2.24, 2.45) is 0 Å². The molecule has 0 atom stereocenters. The molecule has 0 aliphatic carbocycles. The number of carbonyl (C=O) groups excluding carboxylic acids is 2. The number of halogens is 2. The van der Waals surface area contributed by atoms with E-state index in [2.05, 4.69) is 5.32 Å². The van der Waals surface area contributed by atoms with Gasteiger partial charge in [0.05, 0.1) is 6.54 Å². The molecule has 1 aliphatic rings. The molecule has 0 bridgehead atoms. The van der Waals surface area contributed by atoms with E-state index in [0.29, 0.717) is 26.2 Å². The van der Waals surface area contributed by atoms with Crippen molar-refractivity contribution in [3.05, 3.63) is 35.4 Å². The number of hydrogen-bond donors (Lipinski definition) is 1. The van der Waals surface area contributed by atoms with Gasteiger partial charge in [0.2, 0.25) is 5.91 Å². The van der Waals surface area contributed by atoms with E-state index >= 15 is 0 Å². The van der Waals surface area contributed by atoms with Crippen molar-refractivity contribution in [1.29, 1.82) is 0 Å². The highest BCUT2D eigenvalue weighted by molar-refractivity contribution is 5.94. The van der Waals surface area contributed by atoms with Gasteiger partial charge in [0.15, 0.2) is 0 Å². The van der Waals surface area contributed by atoms with Crippen molar-refractivity contribution in [3.8, 4) is 0 Å². The Labute approximate surface area is 134 Å². The molecule has 1 aromatic carbocycles. The molecule has 1 fully saturated rings. The molecular weight excluding hydrogens is 304 g/mol. The van der Waals surface area contributed by atoms with Crippen LogP contribution < -0.4 is 5.32 Å². The standard InChI is InChI=1S/C16H21F2N3O2/c1-11(2)19-14(22)10-20-6-8-21(9-7-20)16(23)15-12(17)4-3-5-13(15)18/h3-5,11H,6-10H2,1-2H3,(H,19,22). The summed E-state index contributed by atoms with van der Waals surface area (Å²) in [4.78, 5) is 27.3. The van der Waals surface area contributed by atoms with Gasteiger partial charge in [0.25, 0.3) is 5.91 Å². The molecule has 1 aliphatic heterocycles. The minimum atomic E-state index is -0.853. The first-order valence-corrected chi connectivity index (χ1v) is 7.63.